The number of hydrogen-bond donors (Lipinski definition) is 0. The van der Waals surface area contributed by atoms with Gasteiger partial charge < -0.3 is 9.32 Å². The zero-order valence-electron chi connectivity index (χ0n) is 39.7. The molecule has 0 N–H and O–H groups in total. The minimum Gasteiger partial charge on any atom is -0.416 e. The molecule has 11 aromatic carbocycles. The zero-order chi connectivity index (χ0) is 48.3. The summed E-state index contributed by atoms with van der Waals surface area (Å²) in [7, 11) is 0. The van der Waals surface area contributed by atoms with Crippen LogP contribution < -0.4 is 4.90 Å². The Morgan fingerprint density at radius 1 is 0.247 bits per heavy atom. The summed E-state index contributed by atoms with van der Waals surface area (Å²) < 4.78 is 6.08. The molecule has 0 atom stereocenters. The lowest BCUT2D eigenvalue weighted by Gasteiger charge is -2.30. The fourth-order valence-electron chi connectivity index (χ4n) is 11.7. The predicted molar refractivity (Wildman–Crippen MR) is 298 cm³/mol. The topological polar surface area (TPSA) is 42.2 Å². The molecular formula is C69H45N3O. The van der Waals surface area contributed by atoms with Gasteiger partial charge in [0.2, 0.25) is 11.8 Å². The Morgan fingerprint density at radius 3 is 1.10 bits per heavy atom. The van der Waals surface area contributed by atoms with Gasteiger partial charge in [0, 0.05) is 28.2 Å². The summed E-state index contributed by atoms with van der Waals surface area (Å²) in [6.45, 7) is 0. The zero-order valence-corrected chi connectivity index (χ0v) is 39.7. The van der Waals surface area contributed by atoms with Crippen LogP contribution in [0.25, 0.3) is 89.7 Å². The lowest BCUT2D eigenvalue weighted by molar-refractivity contribution is 0.584. The highest BCUT2D eigenvalue weighted by molar-refractivity contribution is 5.97. The molecule has 0 aliphatic heterocycles. The van der Waals surface area contributed by atoms with Gasteiger partial charge in [-0.3, -0.25) is 0 Å². The molecule has 14 rings (SSSR count). The Kier molecular flexibility index (Phi) is 10.0. The average molecular weight is 932 g/mol. The van der Waals surface area contributed by atoms with Crippen LogP contribution >= 0.6 is 0 Å². The van der Waals surface area contributed by atoms with Crippen molar-refractivity contribution in [2.45, 2.75) is 5.41 Å². The maximum Gasteiger partial charge on any atom is 0.248 e. The quantitative estimate of drug-likeness (QED) is 0.145. The molecule has 4 heteroatoms. The Labute approximate surface area is 424 Å². The van der Waals surface area contributed by atoms with Crippen molar-refractivity contribution >= 4 is 17.1 Å². The Morgan fingerprint density at radius 2 is 0.589 bits per heavy atom. The minimum atomic E-state index is -0.381. The second-order valence-corrected chi connectivity index (χ2v) is 18.9. The molecule has 12 aromatic rings. The molecule has 0 saturated heterocycles. The molecular weight excluding hydrogens is 887 g/mol. The van der Waals surface area contributed by atoms with E-state index in [2.05, 4.69) is 258 Å². The van der Waals surface area contributed by atoms with E-state index in [9.17, 15) is 0 Å². The molecule has 0 unspecified atom stereocenters. The van der Waals surface area contributed by atoms with E-state index in [1.807, 2.05) is 30.3 Å². The number of anilines is 3. The smallest absolute Gasteiger partial charge is 0.248 e. The summed E-state index contributed by atoms with van der Waals surface area (Å²) in [6.07, 6.45) is 0. The molecule has 0 saturated carbocycles. The van der Waals surface area contributed by atoms with Crippen LogP contribution in [0.5, 0.6) is 0 Å². The molecule has 1 spiro atoms. The van der Waals surface area contributed by atoms with Gasteiger partial charge in [0.05, 0.1) is 5.41 Å². The van der Waals surface area contributed by atoms with Crippen molar-refractivity contribution in [2.75, 3.05) is 4.90 Å². The van der Waals surface area contributed by atoms with E-state index in [0.29, 0.717) is 11.8 Å². The summed E-state index contributed by atoms with van der Waals surface area (Å²) in [5.41, 5.74) is 24.6. The molecule has 342 valence electrons. The van der Waals surface area contributed by atoms with Gasteiger partial charge in [-0.2, -0.15) is 0 Å². The van der Waals surface area contributed by atoms with Crippen LogP contribution in [0.1, 0.15) is 22.3 Å². The third-order valence-electron chi connectivity index (χ3n) is 14.9. The van der Waals surface area contributed by atoms with Crippen LogP contribution in [0.3, 0.4) is 0 Å². The van der Waals surface area contributed by atoms with Gasteiger partial charge in [-0.15, -0.1) is 10.2 Å². The largest absolute Gasteiger partial charge is 0.416 e. The summed E-state index contributed by atoms with van der Waals surface area (Å²) in [6, 6.07) is 98.4. The normalized spacial score (nSPS) is 12.5. The SMILES string of the molecule is c1ccc(-c2nnc(-c3ccc(-c4ccccc4-c4ccccc4-c4ccc(N(c5ccccc5)c5ccc(-c6ccc7c(c6)C6(c8ccccc8-c8ccccc86)c6ccccc6-7)cc5)cc4)cc3)o2)cc1. The van der Waals surface area contributed by atoms with E-state index >= 15 is 0 Å². The second kappa shape index (κ2) is 17.3. The van der Waals surface area contributed by atoms with Crippen LogP contribution in [0.2, 0.25) is 0 Å². The van der Waals surface area contributed by atoms with Crippen molar-refractivity contribution < 1.29 is 4.42 Å². The van der Waals surface area contributed by atoms with Gasteiger partial charge in [0.25, 0.3) is 0 Å². The van der Waals surface area contributed by atoms with Crippen LogP contribution in [-0.2, 0) is 5.41 Å². The van der Waals surface area contributed by atoms with Crippen LogP contribution in [-0.4, -0.2) is 10.2 Å². The van der Waals surface area contributed by atoms with Crippen molar-refractivity contribution in [3.8, 4) is 89.7 Å². The molecule has 73 heavy (non-hydrogen) atoms. The van der Waals surface area contributed by atoms with Crippen LogP contribution in [0.15, 0.2) is 277 Å². The number of rotatable bonds is 9. The first-order valence-corrected chi connectivity index (χ1v) is 24.9. The molecule has 0 bridgehead atoms. The Bertz CT molecular complexity index is 3940. The third-order valence-corrected chi connectivity index (χ3v) is 14.9. The average Bonchev–Trinajstić information content (AvgIpc) is 4.17. The van der Waals surface area contributed by atoms with E-state index < -0.39 is 0 Å². The van der Waals surface area contributed by atoms with Crippen molar-refractivity contribution in [3.63, 3.8) is 0 Å². The fourth-order valence-corrected chi connectivity index (χ4v) is 11.7. The second-order valence-electron chi connectivity index (χ2n) is 18.9. The summed E-state index contributed by atoms with van der Waals surface area (Å²) in [5.74, 6) is 0.999. The van der Waals surface area contributed by atoms with Crippen molar-refractivity contribution in [2.24, 2.45) is 0 Å². The van der Waals surface area contributed by atoms with Gasteiger partial charge in [0.15, 0.2) is 0 Å². The highest BCUT2D eigenvalue weighted by atomic mass is 16.4. The highest BCUT2D eigenvalue weighted by Crippen LogP contribution is 2.63. The van der Waals surface area contributed by atoms with E-state index in [0.717, 1.165) is 61.6 Å². The molecule has 1 aromatic heterocycles. The summed E-state index contributed by atoms with van der Waals surface area (Å²) in [4.78, 5) is 2.34. The molecule has 0 radical (unpaired) electrons. The van der Waals surface area contributed by atoms with Gasteiger partial charge in [0.1, 0.15) is 0 Å². The lowest BCUT2D eigenvalue weighted by atomic mass is 9.70. The first-order valence-electron chi connectivity index (χ1n) is 24.9. The molecule has 1 heterocycles. The van der Waals surface area contributed by atoms with Gasteiger partial charge in [-0.25, -0.2) is 0 Å². The predicted octanol–water partition coefficient (Wildman–Crippen LogP) is 17.9. The van der Waals surface area contributed by atoms with Crippen LogP contribution in [0, 0.1) is 0 Å². The van der Waals surface area contributed by atoms with E-state index in [4.69, 9.17) is 4.42 Å². The van der Waals surface area contributed by atoms with Crippen LogP contribution in [0.4, 0.5) is 17.1 Å². The van der Waals surface area contributed by atoms with E-state index in [-0.39, 0.29) is 5.41 Å². The molecule has 0 amide bonds. The van der Waals surface area contributed by atoms with Gasteiger partial charge >= 0.3 is 0 Å². The monoisotopic (exact) mass is 931 g/mol. The number of hydrogen-bond acceptors (Lipinski definition) is 4. The first kappa shape index (κ1) is 42.3. The highest BCUT2D eigenvalue weighted by Gasteiger charge is 2.51. The molecule has 4 nitrogen and oxygen atoms in total. The maximum absolute atomic E-state index is 6.08. The van der Waals surface area contributed by atoms with E-state index in [1.165, 1.54) is 55.6 Å². The van der Waals surface area contributed by atoms with Crippen molar-refractivity contribution in [1.29, 1.82) is 0 Å². The Balaban J connectivity index is 0.782. The fraction of sp³-hybridized carbons (Fsp3) is 0.0145. The number of para-hydroxylation sites is 1. The standard InChI is InChI=1S/C69H45N3O/c1-3-17-49(18-4-1)67-70-71-68(73-67)50-33-31-47(32-34-50)55-21-7-9-23-57(55)58-24-10-8-22-56(58)48-37-42-54(43-38-48)72(52-19-5-2-6-20-52)53-40-35-46(36-41-53)51-39-44-62-61-27-13-16-30-65(61)69(66(62)45-51)63-28-14-11-25-59(63)60-26-12-15-29-64(60)69/h1-45H. The summed E-state index contributed by atoms with van der Waals surface area (Å²) in [5, 5.41) is 8.67. The van der Waals surface area contributed by atoms with Crippen molar-refractivity contribution in [1.82, 2.24) is 10.2 Å². The molecule has 0 fully saturated rings. The minimum absolute atomic E-state index is 0.381. The third kappa shape index (κ3) is 6.91. The van der Waals surface area contributed by atoms with Crippen molar-refractivity contribution in [3.05, 3.63) is 295 Å². The van der Waals surface area contributed by atoms with E-state index in [1.54, 1.807) is 0 Å². The number of aromatic nitrogens is 2. The number of nitrogens with zero attached hydrogens (tertiary/aromatic N) is 3. The lowest BCUT2D eigenvalue weighted by Crippen LogP contribution is -2.25. The van der Waals surface area contributed by atoms with Gasteiger partial charge in [-0.1, -0.05) is 206 Å². The summed E-state index contributed by atoms with van der Waals surface area (Å²) >= 11 is 0. The molecule has 2 aliphatic carbocycles. The Hall–Kier alpha value is -9.64. The first-order chi connectivity index (χ1) is 36.2. The van der Waals surface area contributed by atoms with Gasteiger partial charge in [-0.05, 0) is 156 Å². The number of benzene rings is 11. The number of fused-ring (bicyclic) bond motifs is 10. The maximum atomic E-state index is 6.08. The molecule has 2 aliphatic rings.